The summed E-state index contributed by atoms with van der Waals surface area (Å²) in [6.07, 6.45) is 5.44. The Morgan fingerprint density at radius 2 is 1.94 bits per heavy atom. The lowest BCUT2D eigenvalue weighted by Crippen LogP contribution is -1.97. The summed E-state index contributed by atoms with van der Waals surface area (Å²) < 4.78 is 0. The summed E-state index contributed by atoms with van der Waals surface area (Å²) in [5, 5.41) is 5.20. The molecule has 3 aromatic rings. The number of aromatic nitrogens is 3. The summed E-state index contributed by atoms with van der Waals surface area (Å²) in [6.45, 7) is 0. The van der Waals surface area contributed by atoms with Crippen molar-refractivity contribution in [1.29, 1.82) is 0 Å². The number of nitrogens with one attached hydrogen (secondary N) is 1. The molecular formula is C14H12N4. The lowest BCUT2D eigenvalue weighted by atomic mass is 10.1. The molecule has 0 amide bonds. The summed E-state index contributed by atoms with van der Waals surface area (Å²) >= 11 is 0. The minimum atomic E-state index is 0.612. The molecule has 1 aromatic carbocycles. The van der Waals surface area contributed by atoms with Gasteiger partial charge in [0.25, 0.3) is 0 Å². The summed E-state index contributed by atoms with van der Waals surface area (Å²) in [4.78, 5) is 12.8. The zero-order valence-corrected chi connectivity index (χ0v) is 9.96. The first kappa shape index (κ1) is 10.7. The molecule has 4 nitrogen and oxygen atoms in total. The highest BCUT2D eigenvalue weighted by Crippen LogP contribution is 2.26. The predicted octanol–water partition coefficient (Wildman–Crippen LogP) is 2.73. The Balaban J connectivity index is 2.24. The van der Waals surface area contributed by atoms with Crippen LogP contribution in [0.5, 0.6) is 0 Å². The van der Waals surface area contributed by atoms with Gasteiger partial charge in [-0.2, -0.15) is 0 Å². The molecule has 0 radical (unpaired) electrons. The first-order valence-electron chi connectivity index (χ1n) is 5.72. The van der Waals surface area contributed by atoms with Crippen LogP contribution in [0.25, 0.3) is 22.0 Å². The molecule has 0 atom stereocenters. The number of anilines is 1. The SMILES string of the molecule is CNc1nccc(-c2cncc3ccccc23)n1. The van der Waals surface area contributed by atoms with Crippen LogP contribution in [-0.2, 0) is 0 Å². The van der Waals surface area contributed by atoms with E-state index in [2.05, 4.69) is 26.3 Å². The number of fused-ring (bicyclic) bond motifs is 1. The summed E-state index contributed by atoms with van der Waals surface area (Å²) in [5.74, 6) is 0.612. The topological polar surface area (TPSA) is 50.7 Å². The number of rotatable bonds is 2. The third-order valence-electron chi connectivity index (χ3n) is 2.82. The third-order valence-corrected chi connectivity index (χ3v) is 2.82. The third kappa shape index (κ3) is 1.78. The van der Waals surface area contributed by atoms with E-state index in [0.717, 1.165) is 22.0 Å². The molecule has 0 aliphatic carbocycles. The van der Waals surface area contributed by atoms with E-state index in [4.69, 9.17) is 0 Å². The Kier molecular flexibility index (Phi) is 2.61. The average Bonchev–Trinajstić information content (AvgIpc) is 2.47. The van der Waals surface area contributed by atoms with Crippen molar-refractivity contribution in [1.82, 2.24) is 15.0 Å². The second kappa shape index (κ2) is 4.41. The Morgan fingerprint density at radius 3 is 2.83 bits per heavy atom. The molecule has 0 saturated carbocycles. The zero-order valence-electron chi connectivity index (χ0n) is 9.96. The lowest BCUT2D eigenvalue weighted by Gasteiger charge is -2.06. The van der Waals surface area contributed by atoms with Crippen molar-refractivity contribution < 1.29 is 0 Å². The summed E-state index contributed by atoms with van der Waals surface area (Å²) in [7, 11) is 1.81. The Hall–Kier alpha value is -2.49. The summed E-state index contributed by atoms with van der Waals surface area (Å²) in [6, 6.07) is 10.0. The van der Waals surface area contributed by atoms with E-state index >= 15 is 0 Å². The number of hydrogen-bond donors (Lipinski definition) is 1. The van der Waals surface area contributed by atoms with E-state index in [1.807, 2.05) is 36.7 Å². The van der Waals surface area contributed by atoms with Crippen LogP contribution >= 0.6 is 0 Å². The maximum Gasteiger partial charge on any atom is 0.222 e. The average molecular weight is 236 g/mol. The highest BCUT2D eigenvalue weighted by Gasteiger charge is 2.06. The van der Waals surface area contributed by atoms with E-state index in [1.165, 1.54) is 0 Å². The first-order valence-corrected chi connectivity index (χ1v) is 5.72. The van der Waals surface area contributed by atoms with Gasteiger partial charge in [-0.3, -0.25) is 4.98 Å². The van der Waals surface area contributed by atoms with E-state index in [-0.39, 0.29) is 0 Å². The lowest BCUT2D eigenvalue weighted by molar-refractivity contribution is 1.15. The molecular weight excluding hydrogens is 224 g/mol. The molecule has 0 spiro atoms. The molecule has 0 unspecified atom stereocenters. The van der Waals surface area contributed by atoms with Gasteiger partial charge in [0.1, 0.15) is 0 Å². The molecule has 3 rings (SSSR count). The Labute approximate surface area is 105 Å². The summed E-state index contributed by atoms with van der Waals surface area (Å²) in [5.41, 5.74) is 1.89. The first-order chi connectivity index (χ1) is 8.88. The van der Waals surface area contributed by atoms with Gasteiger partial charge in [0, 0.05) is 36.6 Å². The van der Waals surface area contributed by atoms with Gasteiger partial charge in [0.15, 0.2) is 0 Å². The normalized spacial score (nSPS) is 10.5. The maximum atomic E-state index is 4.45. The fourth-order valence-corrected chi connectivity index (χ4v) is 1.95. The van der Waals surface area contributed by atoms with Gasteiger partial charge in [-0.25, -0.2) is 9.97 Å². The van der Waals surface area contributed by atoms with Crippen molar-refractivity contribution in [2.24, 2.45) is 0 Å². The van der Waals surface area contributed by atoms with Crippen molar-refractivity contribution >= 4 is 16.7 Å². The van der Waals surface area contributed by atoms with Gasteiger partial charge < -0.3 is 5.32 Å². The minimum absolute atomic E-state index is 0.612. The van der Waals surface area contributed by atoms with Crippen LogP contribution in [0.15, 0.2) is 48.9 Å². The maximum absolute atomic E-state index is 4.45. The molecule has 0 fully saturated rings. The van der Waals surface area contributed by atoms with E-state index in [1.54, 1.807) is 13.2 Å². The standard InChI is InChI=1S/C14H12N4/c1-15-14-17-7-6-13(18-14)12-9-16-8-10-4-2-3-5-11(10)12/h2-9H,1H3,(H,15,17,18). The van der Waals surface area contributed by atoms with Crippen LogP contribution in [0.3, 0.4) is 0 Å². The van der Waals surface area contributed by atoms with E-state index in [0.29, 0.717) is 5.95 Å². The van der Waals surface area contributed by atoms with Crippen LogP contribution in [-0.4, -0.2) is 22.0 Å². The van der Waals surface area contributed by atoms with Crippen LogP contribution in [0.4, 0.5) is 5.95 Å². The van der Waals surface area contributed by atoms with Crippen LogP contribution in [0.1, 0.15) is 0 Å². The number of nitrogens with zero attached hydrogens (tertiary/aromatic N) is 3. The van der Waals surface area contributed by atoms with Gasteiger partial charge in [0.05, 0.1) is 5.69 Å². The van der Waals surface area contributed by atoms with Gasteiger partial charge >= 0.3 is 0 Å². The Morgan fingerprint density at radius 1 is 1.06 bits per heavy atom. The molecule has 2 aromatic heterocycles. The monoisotopic (exact) mass is 236 g/mol. The van der Waals surface area contributed by atoms with Gasteiger partial charge in [-0.15, -0.1) is 0 Å². The number of hydrogen-bond acceptors (Lipinski definition) is 4. The molecule has 1 N–H and O–H groups in total. The highest BCUT2D eigenvalue weighted by atomic mass is 15.1. The smallest absolute Gasteiger partial charge is 0.222 e. The van der Waals surface area contributed by atoms with Gasteiger partial charge in [-0.05, 0) is 11.5 Å². The molecule has 18 heavy (non-hydrogen) atoms. The van der Waals surface area contributed by atoms with Crippen LogP contribution in [0, 0.1) is 0 Å². The predicted molar refractivity (Wildman–Crippen MR) is 72.3 cm³/mol. The molecule has 2 heterocycles. The molecule has 0 bridgehead atoms. The molecule has 0 aliphatic heterocycles. The van der Waals surface area contributed by atoms with Crippen molar-refractivity contribution in [2.75, 3.05) is 12.4 Å². The molecule has 0 aliphatic rings. The largest absolute Gasteiger partial charge is 0.357 e. The van der Waals surface area contributed by atoms with Crippen LogP contribution < -0.4 is 5.32 Å². The second-order valence-electron chi connectivity index (χ2n) is 3.92. The highest BCUT2D eigenvalue weighted by molar-refractivity contribution is 5.94. The van der Waals surface area contributed by atoms with E-state index < -0.39 is 0 Å². The Bertz CT molecular complexity index is 689. The fraction of sp³-hybridized carbons (Fsp3) is 0.0714. The van der Waals surface area contributed by atoms with Crippen LogP contribution in [0.2, 0.25) is 0 Å². The number of benzene rings is 1. The van der Waals surface area contributed by atoms with Crippen molar-refractivity contribution in [3.8, 4) is 11.3 Å². The fourth-order valence-electron chi connectivity index (χ4n) is 1.95. The van der Waals surface area contributed by atoms with Gasteiger partial charge in [-0.1, -0.05) is 24.3 Å². The molecule has 4 heteroatoms. The second-order valence-corrected chi connectivity index (χ2v) is 3.92. The van der Waals surface area contributed by atoms with Crippen molar-refractivity contribution in [2.45, 2.75) is 0 Å². The molecule has 0 saturated heterocycles. The minimum Gasteiger partial charge on any atom is -0.357 e. The zero-order chi connectivity index (χ0) is 12.4. The van der Waals surface area contributed by atoms with Crippen molar-refractivity contribution in [3.63, 3.8) is 0 Å². The number of pyridine rings is 1. The molecule has 88 valence electrons. The van der Waals surface area contributed by atoms with Crippen molar-refractivity contribution in [3.05, 3.63) is 48.9 Å². The van der Waals surface area contributed by atoms with E-state index in [9.17, 15) is 0 Å². The quantitative estimate of drug-likeness (QED) is 0.743. The van der Waals surface area contributed by atoms with Gasteiger partial charge in [0.2, 0.25) is 5.95 Å².